The third-order valence-corrected chi connectivity index (χ3v) is 3.91. The molecule has 4 unspecified atom stereocenters. The van der Waals surface area contributed by atoms with E-state index < -0.39 is 0 Å². The van der Waals surface area contributed by atoms with Crippen molar-refractivity contribution in [2.24, 2.45) is 5.92 Å². The molecular weight excluding hydrogens is 172 g/mol. The first kappa shape index (κ1) is 10.4. The number of nitrogens with one attached hydrogen (secondary N) is 1. The second kappa shape index (κ2) is 4.19. The van der Waals surface area contributed by atoms with Gasteiger partial charge in [-0.25, -0.2) is 0 Å². The zero-order valence-corrected chi connectivity index (χ0v) is 9.79. The summed E-state index contributed by atoms with van der Waals surface area (Å²) in [7, 11) is 0. The summed E-state index contributed by atoms with van der Waals surface area (Å²) in [5.74, 6) is 0.966. The lowest BCUT2D eigenvalue weighted by molar-refractivity contribution is 0.123. The quantitative estimate of drug-likeness (QED) is 0.741. The van der Waals surface area contributed by atoms with Crippen LogP contribution in [0.25, 0.3) is 0 Å². The van der Waals surface area contributed by atoms with Gasteiger partial charge in [0.15, 0.2) is 0 Å². The van der Waals surface area contributed by atoms with Gasteiger partial charge in [0.2, 0.25) is 0 Å². The lowest BCUT2D eigenvalue weighted by Gasteiger charge is -2.38. The van der Waals surface area contributed by atoms with Crippen LogP contribution in [0.1, 0.15) is 40.0 Å². The Hall–Kier alpha value is -0.0800. The maximum absolute atomic E-state index is 3.58. The third-order valence-electron chi connectivity index (χ3n) is 3.91. The first-order valence-corrected chi connectivity index (χ1v) is 6.21. The average molecular weight is 196 g/mol. The van der Waals surface area contributed by atoms with E-state index in [0.717, 1.165) is 30.6 Å². The van der Waals surface area contributed by atoms with Crippen LogP contribution in [0.4, 0.5) is 0 Å². The fourth-order valence-electron chi connectivity index (χ4n) is 2.92. The molecule has 0 aromatic carbocycles. The van der Waals surface area contributed by atoms with Gasteiger partial charge in [-0.05, 0) is 38.6 Å². The van der Waals surface area contributed by atoms with Crippen LogP contribution in [-0.4, -0.2) is 36.1 Å². The summed E-state index contributed by atoms with van der Waals surface area (Å²) >= 11 is 0. The number of piperidine rings is 1. The summed E-state index contributed by atoms with van der Waals surface area (Å²) in [4.78, 5) is 2.73. The second-order valence-electron chi connectivity index (χ2n) is 5.15. The highest BCUT2D eigenvalue weighted by molar-refractivity contribution is 4.97. The van der Waals surface area contributed by atoms with Crippen LogP contribution in [-0.2, 0) is 0 Å². The summed E-state index contributed by atoms with van der Waals surface area (Å²) in [6.45, 7) is 9.42. The van der Waals surface area contributed by atoms with E-state index in [1.54, 1.807) is 0 Å². The van der Waals surface area contributed by atoms with E-state index in [9.17, 15) is 0 Å². The molecule has 1 aliphatic heterocycles. The number of nitrogens with zero attached hydrogens (tertiary/aromatic N) is 1. The fraction of sp³-hybridized carbons (Fsp3) is 1.00. The SMILES string of the molecule is CCNC1CCN(C2CC2C)C(C)C1. The highest BCUT2D eigenvalue weighted by Gasteiger charge is 2.41. The molecule has 2 rings (SSSR count). The Morgan fingerprint density at radius 1 is 1.29 bits per heavy atom. The van der Waals surface area contributed by atoms with E-state index >= 15 is 0 Å². The molecule has 4 atom stereocenters. The molecule has 1 aliphatic carbocycles. The minimum absolute atomic E-state index is 0.778. The van der Waals surface area contributed by atoms with E-state index in [1.807, 2.05) is 0 Å². The Morgan fingerprint density at radius 2 is 2.00 bits per heavy atom. The van der Waals surface area contributed by atoms with Crippen LogP contribution in [0, 0.1) is 5.92 Å². The van der Waals surface area contributed by atoms with Gasteiger partial charge < -0.3 is 5.32 Å². The summed E-state index contributed by atoms with van der Waals surface area (Å²) in [6, 6.07) is 2.50. The molecule has 2 nitrogen and oxygen atoms in total. The van der Waals surface area contributed by atoms with Crippen LogP contribution in [0.5, 0.6) is 0 Å². The Morgan fingerprint density at radius 3 is 2.50 bits per heavy atom. The van der Waals surface area contributed by atoms with Crippen LogP contribution in [0.15, 0.2) is 0 Å². The molecule has 2 aliphatic rings. The number of hydrogen-bond donors (Lipinski definition) is 1. The van der Waals surface area contributed by atoms with E-state index in [1.165, 1.54) is 25.8 Å². The molecule has 0 bridgehead atoms. The van der Waals surface area contributed by atoms with Crippen LogP contribution in [0.2, 0.25) is 0 Å². The molecule has 2 fully saturated rings. The predicted molar refractivity (Wildman–Crippen MR) is 60.4 cm³/mol. The highest BCUT2D eigenvalue weighted by atomic mass is 15.2. The lowest BCUT2D eigenvalue weighted by atomic mass is 9.98. The lowest BCUT2D eigenvalue weighted by Crippen LogP contribution is -2.48. The number of likely N-dealkylation sites (tertiary alicyclic amines) is 1. The van der Waals surface area contributed by atoms with E-state index in [-0.39, 0.29) is 0 Å². The number of rotatable bonds is 3. The van der Waals surface area contributed by atoms with Crippen molar-refractivity contribution in [2.75, 3.05) is 13.1 Å². The maximum Gasteiger partial charge on any atom is 0.0127 e. The molecule has 1 heterocycles. The van der Waals surface area contributed by atoms with Crippen molar-refractivity contribution in [3.05, 3.63) is 0 Å². The maximum atomic E-state index is 3.58. The van der Waals surface area contributed by atoms with Crippen molar-refractivity contribution >= 4 is 0 Å². The first-order chi connectivity index (χ1) is 6.72. The smallest absolute Gasteiger partial charge is 0.0127 e. The van der Waals surface area contributed by atoms with Gasteiger partial charge in [0.25, 0.3) is 0 Å². The molecule has 1 saturated heterocycles. The van der Waals surface area contributed by atoms with Gasteiger partial charge in [0.05, 0.1) is 0 Å². The first-order valence-electron chi connectivity index (χ1n) is 6.21. The molecular formula is C12H24N2. The predicted octanol–water partition coefficient (Wildman–Crippen LogP) is 1.86. The van der Waals surface area contributed by atoms with E-state index in [2.05, 4.69) is 31.0 Å². The number of hydrogen-bond acceptors (Lipinski definition) is 2. The molecule has 82 valence electrons. The van der Waals surface area contributed by atoms with Gasteiger partial charge >= 0.3 is 0 Å². The molecule has 0 amide bonds. The minimum Gasteiger partial charge on any atom is -0.314 e. The van der Waals surface area contributed by atoms with E-state index in [4.69, 9.17) is 0 Å². The van der Waals surface area contributed by atoms with Crippen molar-refractivity contribution in [3.8, 4) is 0 Å². The van der Waals surface area contributed by atoms with Gasteiger partial charge in [-0.2, -0.15) is 0 Å². The summed E-state index contributed by atoms with van der Waals surface area (Å²) in [6.07, 6.45) is 4.13. The van der Waals surface area contributed by atoms with Crippen LogP contribution in [0.3, 0.4) is 0 Å². The van der Waals surface area contributed by atoms with Gasteiger partial charge in [-0.3, -0.25) is 4.90 Å². The van der Waals surface area contributed by atoms with Gasteiger partial charge in [0, 0.05) is 24.7 Å². The molecule has 0 radical (unpaired) electrons. The normalized spacial score (nSPS) is 43.9. The van der Waals surface area contributed by atoms with Crippen molar-refractivity contribution in [3.63, 3.8) is 0 Å². The Labute approximate surface area is 88.1 Å². The Balaban J connectivity index is 1.81. The van der Waals surface area contributed by atoms with E-state index in [0.29, 0.717) is 0 Å². The van der Waals surface area contributed by atoms with Crippen LogP contribution < -0.4 is 5.32 Å². The van der Waals surface area contributed by atoms with Crippen molar-refractivity contribution < 1.29 is 0 Å². The summed E-state index contributed by atoms with van der Waals surface area (Å²) < 4.78 is 0. The van der Waals surface area contributed by atoms with Gasteiger partial charge in [-0.1, -0.05) is 13.8 Å². The average Bonchev–Trinajstić information content (AvgIpc) is 2.83. The molecule has 0 spiro atoms. The molecule has 1 saturated carbocycles. The summed E-state index contributed by atoms with van der Waals surface area (Å²) in [5, 5.41) is 3.58. The molecule has 1 N–H and O–H groups in total. The highest BCUT2D eigenvalue weighted by Crippen LogP contribution is 2.38. The fourth-order valence-corrected chi connectivity index (χ4v) is 2.92. The Bertz CT molecular complexity index is 193. The van der Waals surface area contributed by atoms with Gasteiger partial charge in [0.1, 0.15) is 0 Å². The monoisotopic (exact) mass is 196 g/mol. The molecule has 0 aromatic heterocycles. The third kappa shape index (κ3) is 2.12. The second-order valence-corrected chi connectivity index (χ2v) is 5.15. The zero-order chi connectivity index (χ0) is 10.1. The van der Waals surface area contributed by atoms with Crippen molar-refractivity contribution in [2.45, 2.75) is 58.2 Å². The van der Waals surface area contributed by atoms with Crippen LogP contribution >= 0.6 is 0 Å². The van der Waals surface area contributed by atoms with Crippen molar-refractivity contribution in [1.82, 2.24) is 10.2 Å². The van der Waals surface area contributed by atoms with Crippen molar-refractivity contribution in [1.29, 1.82) is 0 Å². The molecule has 2 heteroatoms. The minimum atomic E-state index is 0.778. The Kier molecular flexibility index (Phi) is 3.13. The zero-order valence-electron chi connectivity index (χ0n) is 9.79. The van der Waals surface area contributed by atoms with Gasteiger partial charge in [-0.15, -0.1) is 0 Å². The molecule has 14 heavy (non-hydrogen) atoms. The summed E-state index contributed by atoms with van der Waals surface area (Å²) in [5.41, 5.74) is 0. The largest absolute Gasteiger partial charge is 0.314 e. The molecule has 0 aromatic rings. The standard InChI is InChI=1S/C12H24N2/c1-4-13-11-5-6-14(10(3)8-11)12-7-9(12)2/h9-13H,4-8H2,1-3H3. The topological polar surface area (TPSA) is 15.3 Å².